The lowest BCUT2D eigenvalue weighted by molar-refractivity contribution is -0.122. The largest absolute Gasteiger partial charge is 0.454 e. The van der Waals surface area contributed by atoms with Crippen LogP contribution in [0.1, 0.15) is 51.0 Å². The Morgan fingerprint density at radius 2 is 2.07 bits per heavy atom. The minimum Gasteiger partial charge on any atom is -0.454 e. The molecule has 6 nitrogen and oxygen atoms in total. The molecule has 0 unspecified atom stereocenters. The van der Waals surface area contributed by atoms with E-state index in [9.17, 15) is 9.59 Å². The maximum Gasteiger partial charge on any atom is 0.266 e. The van der Waals surface area contributed by atoms with Gasteiger partial charge in [-0.1, -0.05) is 49.8 Å². The van der Waals surface area contributed by atoms with E-state index in [-0.39, 0.29) is 18.6 Å². The maximum atomic E-state index is 12.7. The van der Waals surface area contributed by atoms with E-state index < -0.39 is 0 Å². The minimum atomic E-state index is -0.0602. The van der Waals surface area contributed by atoms with Gasteiger partial charge in [-0.2, -0.15) is 0 Å². The number of unbranched alkanes of at least 4 members (excludes halogenated alkanes) is 3. The van der Waals surface area contributed by atoms with Gasteiger partial charge in [0, 0.05) is 19.5 Å². The van der Waals surface area contributed by atoms with E-state index in [0.29, 0.717) is 33.7 Å². The van der Waals surface area contributed by atoms with E-state index in [2.05, 4.69) is 12.2 Å². The SMILES string of the molecule is CCCCNC(=O)CCCCCN1C(=O)C(=Cc2ccc3c(c2)OCO3)SC1=S. The first-order valence-corrected chi connectivity index (χ1v) is 11.2. The lowest BCUT2D eigenvalue weighted by atomic mass is 10.1. The third-order valence-electron chi connectivity index (χ3n) is 4.71. The van der Waals surface area contributed by atoms with Crippen LogP contribution in [0.5, 0.6) is 11.5 Å². The molecule has 156 valence electrons. The molecule has 0 radical (unpaired) electrons. The number of thioether (sulfide) groups is 1. The van der Waals surface area contributed by atoms with Crippen LogP contribution in [0, 0.1) is 0 Å². The molecule has 8 heteroatoms. The van der Waals surface area contributed by atoms with Crippen molar-refractivity contribution in [2.45, 2.75) is 45.4 Å². The van der Waals surface area contributed by atoms with E-state index in [1.54, 1.807) is 4.90 Å². The second-order valence-corrected chi connectivity index (χ2v) is 8.64. The van der Waals surface area contributed by atoms with Crippen molar-refractivity contribution in [3.8, 4) is 11.5 Å². The Labute approximate surface area is 181 Å². The summed E-state index contributed by atoms with van der Waals surface area (Å²) in [7, 11) is 0. The van der Waals surface area contributed by atoms with Crippen LogP contribution in [-0.4, -0.2) is 40.9 Å². The molecule has 0 bridgehead atoms. The van der Waals surface area contributed by atoms with Gasteiger partial charge in [0.1, 0.15) is 4.32 Å². The van der Waals surface area contributed by atoms with Gasteiger partial charge in [0.25, 0.3) is 5.91 Å². The molecule has 1 aromatic rings. The Morgan fingerprint density at radius 3 is 2.90 bits per heavy atom. The van der Waals surface area contributed by atoms with Crippen molar-refractivity contribution < 1.29 is 19.1 Å². The number of carbonyl (C=O) groups excluding carboxylic acids is 2. The van der Waals surface area contributed by atoms with Gasteiger partial charge < -0.3 is 14.8 Å². The summed E-state index contributed by atoms with van der Waals surface area (Å²) in [5.74, 6) is 1.45. The highest BCUT2D eigenvalue weighted by molar-refractivity contribution is 8.26. The van der Waals surface area contributed by atoms with Crippen molar-refractivity contribution in [1.29, 1.82) is 0 Å². The minimum absolute atomic E-state index is 0.0602. The van der Waals surface area contributed by atoms with Gasteiger partial charge in [-0.25, -0.2) is 0 Å². The number of fused-ring (bicyclic) bond motifs is 1. The molecule has 1 N–H and O–H groups in total. The Bertz CT molecular complexity index is 810. The number of benzene rings is 1. The Morgan fingerprint density at radius 1 is 1.24 bits per heavy atom. The Hall–Kier alpha value is -2.06. The highest BCUT2D eigenvalue weighted by atomic mass is 32.2. The molecule has 2 aliphatic rings. The van der Waals surface area contributed by atoms with Gasteiger partial charge in [0.05, 0.1) is 4.91 Å². The molecule has 0 saturated carbocycles. The fourth-order valence-corrected chi connectivity index (χ4v) is 4.38. The van der Waals surface area contributed by atoms with Gasteiger partial charge in [-0.05, 0) is 43.0 Å². The number of carbonyl (C=O) groups is 2. The molecular weight excluding hydrogens is 408 g/mol. The first-order valence-electron chi connectivity index (χ1n) is 10.00. The molecule has 2 amide bonds. The third-order valence-corrected chi connectivity index (χ3v) is 6.08. The van der Waals surface area contributed by atoms with E-state index in [1.165, 1.54) is 11.8 Å². The fraction of sp³-hybridized carbons (Fsp3) is 0.476. The molecule has 29 heavy (non-hydrogen) atoms. The van der Waals surface area contributed by atoms with E-state index in [0.717, 1.165) is 44.2 Å². The van der Waals surface area contributed by atoms with E-state index in [4.69, 9.17) is 21.7 Å². The molecule has 1 fully saturated rings. The number of rotatable bonds is 10. The van der Waals surface area contributed by atoms with Gasteiger partial charge in [-0.3, -0.25) is 14.5 Å². The zero-order chi connectivity index (χ0) is 20.6. The van der Waals surface area contributed by atoms with Crippen LogP contribution in [0.2, 0.25) is 0 Å². The molecule has 0 spiro atoms. The summed E-state index contributed by atoms with van der Waals surface area (Å²) in [6.07, 6.45) is 6.99. The molecule has 2 aliphatic heterocycles. The molecule has 0 aromatic heterocycles. The molecule has 2 heterocycles. The summed E-state index contributed by atoms with van der Waals surface area (Å²) >= 11 is 6.71. The lowest BCUT2D eigenvalue weighted by Gasteiger charge is -2.14. The predicted octanol–water partition coefficient (Wildman–Crippen LogP) is 4.09. The number of hydrogen-bond donors (Lipinski definition) is 1. The average Bonchev–Trinajstić information content (AvgIpc) is 3.27. The van der Waals surface area contributed by atoms with Crippen molar-refractivity contribution in [2.75, 3.05) is 19.9 Å². The van der Waals surface area contributed by atoms with Crippen LogP contribution in [0.4, 0.5) is 0 Å². The molecule has 0 aliphatic carbocycles. The smallest absolute Gasteiger partial charge is 0.266 e. The number of nitrogens with one attached hydrogen (secondary N) is 1. The van der Waals surface area contributed by atoms with Crippen LogP contribution < -0.4 is 14.8 Å². The van der Waals surface area contributed by atoms with Crippen molar-refractivity contribution >= 4 is 46.2 Å². The van der Waals surface area contributed by atoms with Gasteiger partial charge in [-0.15, -0.1) is 0 Å². The first kappa shape index (κ1) is 21.6. The Balaban J connectivity index is 1.44. The maximum absolute atomic E-state index is 12.7. The third kappa shape index (κ3) is 5.96. The van der Waals surface area contributed by atoms with Crippen molar-refractivity contribution in [2.24, 2.45) is 0 Å². The summed E-state index contributed by atoms with van der Waals surface area (Å²) in [5, 5.41) is 2.92. The first-order chi connectivity index (χ1) is 14.1. The van der Waals surface area contributed by atoms with Crippen LogP contribution in [0.25, 0.3) is 6.08 Å². The second kappa shape index (κ2) is 10.6. The normalized spacial score (nSPS) is 16.7. The molecular formula is C21H26N2O4S2. The number of nitrogens with zero attached hydrogens (tertiary/aromatic N) is 1. The molecule has 1 saturated heterocycles. The highest BCUT2D eigenvalue weighted by Gasteiger charge is 2.31. The van der Waals surface area contributed by atoms with Gasteiger partial charge in [0.2, 0.25) is 12.7 Å². The van der Waals surface area contributed by atoms with Crippen molar-refractivity contribution in [3.63, 3.8) is 0 Å². The number of ether oxygens (including phenoxy) is 2. The van der Waals surface area contributed by atoms with E-state index >= 15 is 0 Å². The zero-order valence-corrected chi connectivity index (χ0v) is 18.2. The number of thiocarbonyl (C=S) groups is 1. The standard InChI is InChI=1S/C21H26N2O4S2/c1-2-3-10-22-19(24)7-5-4-6-11-23-20(25)18(29-21(23)28)13-15-8-9-16-17(12-15)27-14-26-16/h8-9,12-13H,2-7,10-11,14H2,1H3,(H,22,24). The van der Waals surface area contributed by atoms with Crippen LogP contribution in [0.3, 0.4) is 0 Å². The Kier molecular flexibility index (Phi) is 7.94. The van der Waals surface area contributed by atoms with Crippen molar-refractivity contribution in [3.05, 3.63) is 28.7 Å². The predicted molar refractivity (Wildman–Crippen MR) is 119 cm³/mol. The quantitative estimate of drug-likeness (QED) is 0.340. The summed E-state index contributed by atoms with van der Waals surface area (Å²) in [5.41, 5.74) is 0.879. The highest BCUT2D eigenvalue weighted by Crippen LogP contribution is 2.36. The van der Waals surface area contributed by atoms with Crippen LogP contribution in [0.15, 0.2) is 23.1 Å². The average molecular weight is 435 g/mol. The van der Waals surface area contributed by atoms with Gasteiger partial charge >= 0.3 is 0 Å². The molecule has 3 rings (SSSR count). The number of hydrogen-bond acceptors (Lipinski definition) is 6. The van der Waals surface area contributed by atoms with Crippen molar-refractivity contribution in [1.82, 2.24) is 10.2 Å². The summed E-state index contributed by atoms with van der Waals surface area (Å²) in [6.45, 7) is 3.66. The lowest BCUT2D eigenvalue weighted by Crippen LogP contribution is -2.29. The topological polar surface area (TPSA) is 67.9 Å². The van der Waals surface area contributed by atoms with Gasteiger partial charge in [0.15, 0.2) is 11.5 Å². The summed E-state index contributed by atoms with van der Waals surface area (Å²) in [4.78, 5) is 26.7. The van der Waals surface area contributed by atoms with Crippen LogP contribution >= 0.6 is 24.0 Å². The van der Waals surface area contributed by atoms with Crippen LogP contribution in [-0.2, 0) is 9.59 Å². The second-order valence-electron chi connectivity index (χ2n) is 6.96. The monoisotopic (exact) mass is 434 g/mol. The fourth-order valence-electron chi connectivity index (χ4n) is 3.07. The molecule has 0 atom stereocenters. The van der Waals surface area contributed by atoms with E-state index in [1.807, 2.05) is 24.3 Å². The summed E-state index contributed by atoms with van der Waals surface area (Å²) < 4.78 is 11.3. The zero-order valence-electron chi connectivity index (χ0n) is 16.6. The number of amides is 2. The molecule has 1 aromatic carbocycles. The summed E-state index contributed by atoms with van der Waals surface area (Å²) in [6, 6.07) is 5.60.